The molecule has 0 aliphatic heterocycles. The van der Waals surface area contributed by atoms with Gasteiger partial charge in [0, 0.05) is 17.8 Å². The molecule has 1 aliphatic rings. The van der Waals surface area contributed by atoms with Crippen molar-refractivity contribution in [1.82, 2.24) is 5.32 Å². The summed E-state index contributed by atoms with van der Waals surface area (Å²) in [6, 6.07) is 4.19. The topological polar surface area (TPSA) is 74.2 Å². The Bertz CT molecular complexity index is 603. The van der Waals surface area contributed by atoms with Crippen molar-refractivity contribution < 1.29 is 18.3 Å². The number of nitriles is 1. The second kappa shape index (κ2) is 6.18. The summed E-state index contributed by atoms with van der Waals surface area (Å²) >= 11 is 0. The van der Waals surface area contributed by atoms with Crippen molar-refractivity contribution in [3.8, 4) is 11.8 Å². The summed E-state index contributed by atoms with van der Waals surface area (Å²) in [5, 5.41) is 14.4. The first-order valence-corrected chi connectivity index (χ1v) is 6.89. The number of carbonyl (C=O) groups excluding carboxylic acids is 1. The number of amides is 1. The fraction of sp³-hybridized carbons (Fsp3) is 0.467. The molecule has 1 fully saturated rings. The molecule has 0 radical (unpaired) electrons. The number of methoxy groups -OCH3 is 1. The lowest BCUT2D eigenvalue weighted by atomic mass is 9.98. The van der Waals surface area contributed by atoms with Crippen LogP contribution in [-0.4, -0.2) is 25.1 Å². The van der Waals surface area contributed by atoms with Crippen LogP contribution in [0.4, 0.5) is 14.5 Å². The number of hydrogen-bond acceptors (Lipinski definition) is 4. The maximum atomic E-state index is 13.5. The maximum absolute atomic E-state index is 13.5. The van der Waals surface area contributed by atoms with Gasteiger partial charge in [0.05, 0.1) is 19.7 Å². The molecule has 1 atom stereocenters. The Kier molecular flexibility index (Phi) is 4.50. The van der Waals surface area contributed by atoms with E-state index in [1.165, 1.54) is 7.11 Å². The number of nitrogens with zero attached hydrogens (tertiary/aromatic N) is 1. The first kappa shape index (κ1) is 16.0. The van der Waals surface area contributed by atoms with Crippen LogP contribution in [0, 0.1) is 28.9 Å². The summed E-state index contributed by atoms with van der Waals surface area (Å²) in [7, 11) is 1.17. The van der Waals surface area contributed by atoms with E-state index in [-0.39, 0.29) is 18.2 Å². The third-order valence-corrected chi connectivity index (χ3v) is 3.68. The highest BCUT2D eigenvalue weighted by Gasteiger charge is 2.42. The summed E-state index contributed by atoms with van der Waals surface area (Å²) < 4.78 is 31.6. The lowest BCUT2D eigenvalue weighted by Gasteiger charge is -2.23. The molecule has 118 valence electrons. The third kappa shape index (κ3) is 3.45. The van der Waals surface area contributed by atoms with Crippen molar-refractivity contribution in [3.05, 3.63) is 23.8 Å². The van der Waals surface area contributed by atoms with E-state index in [1.54, 1.807) is 6.92 Å². The van der Waals surface area contributed by atoms with Crippen LogP contribution in [0.1, 0.15) is 19.8 Å². The van der Waals surface area contributed by atoms with Gasteiger partial charge in [0.2, 0.25) is 5.91 Å². The van der Waals surface area contributed by atoms with Crippen molar-refractivity contribution in [3.63, 3.8) is 0 Å². The molecule has 1 saturated carbocycles. The van der Waals surface area contributed by atoms with E-state index in [2.05, 4.69) is 21.4 Å². The Hall–Kier alpha value is -2.36. The first-order chi connectivity index (χ1) is 10.4. The predicted molar refractivity (Wildman–Crippen MR) is 76.3 cm³/mol. The molecule has 1 amide bonds. The maximum Gasteiger partial charge on any atom is 0.240 e. The molecule has 1 aromatic carbocycles. The average Bonchev–Trinajstić information content (AvgIpc) is 3.30. The molecule has 0 spiro atoms. The van der Waals surface area contributed by atoms with Gasteiger partial charge in [-0.2, -0.15) is 5.26 Å². The van der Waals surface area contributed by atoms with Gasteiger partial charge in [-0.05, 0) is 25.7 Å². The summed E-state index contributed by atoms with van der Waals surface area (Å²) in [6.07, 6.45) is 1.82. The first-order valence-electron chi connectivity index (χ1n) is 6.89. The molecule has 7 heteroatoms. The molecule has 0 heterocycles. The number of nitrogens with one attached hydrogen (secondary N) is 2. The molecule has 0 bridgehead atoms. The molecular formula is C15H17F2N3O2. The summed E-state index contributed by atoms with van der Waals surface area (Å²) in [5.41, 5.74) is -0.772. The van der Waals surface area contributed by atoms with Gasteiger partial charge in [-0.15, -0.1) is 0 Å². The average molecular weight is 309 g/mol. The van der Waals surface area contributed by atoms with Gasteiger partial charge in [-0.25, -0.2) is 8.78 Å². The van der Waals surface area contributed by atoms with E-state index in [0.717, 1.165) is 25.0 Å². The minimum atomic E-state index is -0.894. The largest absolute Gasteiger partial charge is 0.491 e. The molecule has 22 heavy (non-hydrogen) atoms. The van der Waals surface area contributed by atoms with Crippen LogP contribution >= 0.6 is 0 Å². The Morgan fingerprint density at radius 2 is 2.05 bits per heavy atom. The Morgan fingerprint density at radius 3 is 2.50 bits per heavy atom. The highest BCUT2D eigenvalue weighted by atomic mass is 19.1. The minimum Gasteiger partial charge on any atom is -0.491 e. The van der Waals surface area contributed by atoms with E-state index in [9.17, 15) is 13.6 Å². The Balaban J connectivity index is 1.95. The molecule has 1 aromatic rings. The molecule has 1 aliphatic carbocycles. The predicted octanol–water partition coefficient (Wildman–Crippen LogP) is 2.19. The zero-order valence-electron chi connectivity index (χ0n) is 12.4. The highest BCUT2D eigenvalue weighted by molar-refractivity contribution is 5.82. The lowest BCUT2D eigenvalue weighted by molar-refractivity contribution is -0.120. The van der Waals surface area contributed by atoms with E-state index in [4.69, 9.17) is 5.26 Å². The summed E-state index contributed by atoms with van der Waals surface area (Å²) in [4.78, 5) is 11.9. The SMILES string of the molecule is COc1c(F)cc(NCC(=O)N[C@](C)(C#N)C2CC2)cc1F. The van der Waals surface area contributed by atoms with Crippen molar-refractivity contribution in [2.75, 3.05) is 19.0 Å². The molecule has 2 N–H and O–H groups in total. The summed E-state index contributed by atoms with van der Waals surface area (Å²) in [6.45, 7) is 1.49. The lowest BCUT2D eigenvalue weighted by Crippen LogP contribution is -2.48. The van der Waals surface area contributed by atoms with Crippen molar-refractivity contribution >= 4 is 11.6 Å². The van der Waals surface area contributed by atoms with Crippen LogP contribution in [0.15, 0.2) is 12.1 Å². The third-order valence-electron chi connectivity index (χ3n) is 3.68. The molecule has 0 saturated heterocycles. The quantitative estimate of drug-likeness (QED) is 0.845. The van der Waals surface area contributed by atoms with Crippen molar-refractivity contribution in [1.29, 1.82) is 5.26 Å². The van der Waals surface area contributed by atoms with E-state index in [1.807, 2.05) is 0 Å². The number of anilines is 1. The fourth-order valence-electron chi connectivity index (χ4n) is 2.26. The van der Waals surface area contributed by atoms with Crippen LogP contribution in [0.25, 0.3) is 0 Å². The van der Waals surface area contributed by atoms with Gasteiger partial charge in [0.25, 0.3) is 0 Å². The molecule has 0 unspecified atom stereocenters. The number of hydrogen-bond donors (Lipinski definition) is 2. The second-order valence-electron chi connectivity index (χ2n) is 5.46. The molecule has 0 aromatic heterocycles. The van der Waals surface area contributed by atoms with Gasteiger partial charge < -0.3 is 15.4 Å². The van der Waals surface area contributed by atoms with Crippen LogP contribution in [0.2, 0.25) is 0 Å². The number of benzene rings is 1. The van der Waals surface area contributed by atoms with Gasteiger partial charge in [0.1, 0.15) is 5.54 Å². The van der Waals surface area contributed by atoms with Crippen molar-refractivity contribution in [2.24, 2.45) is 5.92 Å². The minimum absolute atomic E-state index is 0.121. The van der Waals surface area contributed by atoms with E-state index in [0.29, 0.717) is 0 Å². The smallest absolute Gasteiger partial charge is 0.240 e. The van der Waals surface area contributed by atoms with Crippen LogP contribution < -0.4 is 15.4 Å². The molecule has 2 rings (SSSR count). The number of carbonyl (C=O) groups is 1. The van der Waals surface area contributed by atoms with Gasteiger partial charge in [-0.1, -0.05) is 0 Å². The zero-order chi connectivity index (χ0) is 16.3. The fourth-order valence-corrected chi connectivity index (χ4v) is 2.26. The van der Waals surface area contributed by atoms with Crippen LogP contribution in [-0.2, 0) is 4.79 Å². The van der Waals surface area contributed by atoms with Gasteiger partial charge in [-0.3, -0.25) is 4.79 Å². The zero-order valence-corrected chi connectivity index (χ0v) is 12.4. The number of rotatable bonds is 6. The second-order valence-corrected chi connectivity index (χ2v) is 5.46. The normalized spacial score (nSPS) is 16.3. The van der Waals surface area contributed by atoms with Gasteiger partial charge in [0.15, 0.2) is 17.4 Å². The van der Waals surface area contributed by atoms with Crippen LogP contribution in [0.3, 0.4) is 0 Å². The van der Waals surface area contributed by atoms with E-state index < -0.39 is 28.8 Å². The van der Waals surface area contributed by atoms with Gasteiger partial charge >= 0.3 is 0 Å². The highest BCUT2D eigenvalue weighted by Crippen LogP contribution is 2.39. The molecular weight excluding hydrogens is 292 g/mol. The molecule has 5 nitrogen and oxygen atoms in total. The van der Waals surface area contributed by atoms with Crippen LogP contribution in [0.5, 0.6) is 5.75 Å². The standard InChI is InChI=1S/C15H17F2N3O2/c1-15(8-18,9-3-4-9)20-13(21)7-19-10-5-11(16)14(22-2)12(17)6-10/h5-6,9,19H,3-4,7H2,1-2H3,(H,20,21)/t15-/m1/s1. The van der Waals surface area contributed by atoms with Crippen molar-refractivity contribution in [2.45, 2.75) is 25.3 Å². The Labute approximate surface area is 127 Å². The monoisotopic (exact) mass is 309 g/mol. The number of halogens is 2. The van der Waals surface area contributed by atoms with E-state index >= 15 is 0 Å². The Morgan fingerprint density at radius 1 is 1.45 bits per heavy atom. The number of ether oxygens (including phenoxy) is 1. The summed E-state index contributed by atoms with van der Waals surface area (Å²) in [5.74, 6) is -2.43.